The molecule has 3 atom stereocenters. The zero-order valence-corrected chi connectivity index (χ0v) is 25.3. The molecule has 3 unspecified atom stereocenters. The molecule has 1 aliphatic heterocycles. The highest BCUT2D eigenvalue weighted by atomic mass is 35.5. The van der Waals surface area contributed by atoms with E-state index >= 15 is 0 Å². The second kappa shape index (κ2) is 12.9. The van der Waals surface area contributed by atoms with Gasteiger partial charge in [0, 0.05) is 65.9 Å². The van der Waals surface area contributed by atoms with Gasteiger partial charge in [-0.05, 0) is 57.0 Å². The average molecular weight is 608 g/mol. The normalized spacial score (nSPS) is 20.9. The van der Waals surface area contributed by atoms with Gasteiger partial charge in [0.15, 0.2) is 5.01 Å². The predicted molar refractivity (Wildman–Crippen MR) is 160 cm³/mol. The fourth-order valence-corrected chi connectivity index (χ4v) is 6.88. The summed E-state index contributed by atoms with van der Waals surface area (Å²) in [5.74, 6) is -0.641. The number of likely N-dealkylation sites (N-methyl/N-ethyl adjacent to an activating group) is 1. The van der Waals surface area contributed by atoms with E-state index in [4.69, 9.17) is 11.6 Å². The van der Waals surface area contributed by atoms with Crippen LogP contribution in [-0.4, -0.2) is 76.8 Å². The van der Waals surface area contributed by atoms with Crippen LogP contribution >= 0.6 is 35.3 Å². The smallest absolute Gasteiger partial charge is 0.280 e. The number of aromatic nitrogens is 2. The van der Waals surface area contributed by atoms with E-state index in [9.17, 15) is 14.4 Å². The number of H-pyrrole nitrogens is 1. The summed E-state index contributed by atoms with van der Waals surface area (Å²) in [7, 11) is 3.89. The number of aromatic amines is 1. The van der Waals surface area contributed by atoms with Gasteiger partial charge in [-0.3, -0.25) is 14.4 Å². The highest BCUT2D eigenvalue weighted by Crippen LogP contribution is 2.29. The van der Waals surface area contributed by atoms with Crippen molar-refractivity contribution in [3.8, 4) is 0 Å². The van der Waals surface area contributed by atoms with Crippen LogP contribution in [0.3, 0.4) is 0 Å². The van der Waals surface area contributed by atoms with Crippen LogP contribution in [-0.2, 0) is 17.8 Å². The monoisotopic (exact) mass is 606 g/mol. The Labute approximate surface area is 249 Å². The first-order valence-corrected chi connectivity index (χ1v) is 14.7. The summed E-state index contributed by atoms with van der Waals surface area (Å²) in [4.78, 5) is 52.6. The lowest BCUT2D eigenvalue weighted by Gasteiger charge is -2.37. The third-order valence-electron chi connectivity index (χ3n) is 7.71. The third-order valence-corrected chi connectivity index (χ3v) is 9.03. The molecular formula is C28H36Cl2N6O3S. The van der Waals surface area contributed by atoms with Crippen molar-refractivity contribution in [1.82, 2.24) is 30.4 Å². The summed E-state index contributed by atoms with van der Waals surface area (Å²) in [5, 5.41) is 8.14. The Hall–Kier alpha value is -2.66. The van der Waals surface area contributed by atoms with Gasteiger partial charge in [0.25, 0.3) is 11.8 Å². The molecule has 5 rings (SSSR count). The number of carbonyl (C=O) groups is 3. The molecule has 1 fully saturated rings. The number of fused-ring (bicyclic) bond motifs is 2. The van der Waals surface area contributed by atoms with Crippen molar-refractivity contribution in [3.05, 3.63) is 50.6 Å². The molecule has 1 saturated carbocycles. The van der Waals surface area contributed by atoms with E-state index < -0.39 is 6.04 Å². The fraction of sp³-hybridized carbons (Fsp3) is 0.500. The molecular weight excluding hydrogens is 571 g/mol. The molecule has 2 aliphatic rings. The number of carbonyl (C=O) groups excluding carboxylic acids is 3. The minimum absolute atomic E-state index is 0. The first kappa shape index (κ1) is 30.3. The van der Waals surface area contributed by atoms with Crippen LogP contribution in [0.15, 0.2) is 24.3 Å². The fourth-order valence-electron chi connectivity index (χ4n) is 5.61. The van der Waals surface area contributed by atoms with Crippen LogP contribution < -0.4 is 10.6 Å². The molecule has 3 heterocycles. The zero-order valence-electron chi connectivity index (χ0n) is 23.0. The summed E-state index contributed by atoms with van der Waals surface area (Å²) in [6, 6.07) is 6.47. The second-order valence-electron chi connectivity index (χ2n) is 10.7. The molecule has 1 aromatic carbocycles. The van der Waals surface area contributed by atoms with Crippen molar-refractivity contribution in [2.24, 2.45) is 5.92 Å². The van der Waals surface area contributed by atoms with Crippen LogP contribution in [0, 0.1) is 5.92 Å². The molecule has 0 spiro atoms. The quantitative estimate of drug-likeness (QED) is 0.372. The minimum atomic E-state index is -0.401. The Bertz CT molecular complexity index is 1390. The van der Waals surface area contributed by atoms with E-state index in [1.807, 2.05) is 26.1 Å². The van der Waals surface area contributed by atoms with Crippen molar-refractivity contribution in [2.75, 3.05) is 27.2 Å². The number of halogens is 2. The van der Waals surface area contributed by atoms with Crippen molar-refractivity contribution < 1.29 is 14.4 Å². The number of nitrogens with zero attached hydrogens (tertiary/aromatic N) is 3. The maximum atomic E-state index is 13.4. The van der Waals surface area contributed by atoms with Gasteiger partial charge in [-0.1, -0.05) is 18.5 Å². The van der Waals surface area contributed by atoms with Crippen molar-refractivity contribution in [3.63, 3.8) is 0 Å². The van der Waals surface area contributed by atoms with Crippen LogP contribution in [0.2, 0.25) is 5.02 Å². The Kier molecular flexibility index (Phi) is 9.76. The Morgan fingerprint density at radius 2 is 1.95 bits per heavy atom. The van der Waals surface area contributed by atoms with Gasteiger partial charge < -0.3 is 25.4 Å². The lowest BCUT2D eigenvalue weighted by atomic mass is 9.81. The van der Waals surface area contributed by atoms with E-state index in [1.165, 1.54) is 11.3 Å². The van der Waals surface area contributed by atoms with Crippen LogP contribution in [0.4, 0.5) is 0 Å². The zero-order chi connectivity index (χ0) is 27.7. The molecule has 0 saturated heterocycles. The van der Waals surface area contributed by atoms with E-state index in [0.717, 1.165) is 47.4 Å². The molecule has 9 nitrogen and oxygen atoms in total. The molecule has 2 aromatic heterocycles. The SMILES string of the molecule is CCCN(C)C(=O)C1CCC(NC(=O)c2cc3cc(Cl)ccc3[nH]2)C(NC(=O)c2nc3c(s2)CN(C)CC3)C1.Cl. The number of amides is 3. The lowest BCUT2D eigenvalue weighted by molar-refractivity contribution is -0.135. The summed E-state index contributed by atoms with van der Waals surface area (Å²) in [5.41, 5.74) is 2.24. The Morgan fingerprint density at radius 1 is 1.18 bits per heavy atom. The number of hydrogen-bond acceptors (Lipinski definition) is 6. The summed E-state index contributed by atoms with van der Waals surface area (Å²) >= 11 is 7.54. The number of benzene rings is 1. The maximum Gasteiger partial charge on any atom is 0.280 e. The molecule has 3 N–H and O–H groups in total. The van der Waals surface area contributed by atoms with Gasteiger partial charge in [-0.2, -0.15) is 0 Å². The van der Waals surface area contributed by atoms with Crippen LogP contribution in [0.1, 0.15) is 63.5 Å². The molecule has 40 heavy (non-hydrogen) atoms. The Morgan fingerprint density at radius 3 is 2.73 bits per heavy atom. The van der Waals surface area contributed by atoms with E-state index in [0.29, 0.717) is 41.5 Å². The summed E-state index contributed by atoms with van der Waals surface area (Å²) < 4.78 is 0. The molecule has 0 bridgehead atoms. The minimum Gasteiger partial charge on any atom is -0.351 e. The van der Waals surface area contributed by atoms with E-state index in [-0.39, 0.29) is 42.1 Å². The average Bonchev–Trinajstić information content (AvgIpc) is 3.53. The molecule has 12 heteroatoms. The first-order valence-electron chi connectivity index (χ1n) is 13.5. The van der Waals surface area contributed by atoms with Gasteiger partial charge in [0.05, 0.1) is 11.7 Å². The van der Waals surface area contributed by atoms with Crippen LogP contribution in [0.25, 0.3) is 10.9 Å². The predicted octanol–water partition coefficient (Wildman–Crippen LogP) is 4.25. The maximum absolute atomic E-state index is 13.4. The number of thiazole rings is 1. The second-order valence-corrected chi connectivity index (χ2v) is 12.2. The van der Waals surface area contributed by atoms with Crippen molar-refractivity contribution in [2.45, 2.75) is 57.7 Å². The first-order chi connectivity index (χ1) is 18.7. The molecule has 3 amide bonds. The van der Waals surface area contributed by atoms with Crippen molar-refractivity contribution in [1.29, 1.82) is 0 Å². The van der Waals surface area contributed by atoms with Crippen LogP contribution in [0.5, 0.6) is 0 Å². The standard InChI is InChI=1S/C28H35ClN6O3S.ClH/c1-4-10-35(3)28(38)16-5-7-20(31-25(36)23-14-17-12-18(29)6-8-19(17)30-23)22(13-16)32-26(37)27-33-21-9-11-34(2)15-24(21)39-27;/h6,8,12,14,16,20,22,30H,4-5,7,9-11,13,15H2,1-3H3,(H,31,36)(H,32,37);1H. The van der Waals surface area contributed by atoms with Gasteiger partial charge in [0.2, 0.25) is 5.91 Å². The largest absolute Gasteiger partial charge is 0.351 e. The van der Waals surface area contributed by atoms with Crippen molar-refractivity contribution >= 4 is 64.0 Å². The summed E-state index contributed by atoms with van der Waals surface area (Å²) in [6.07, 6.45) is 3.39. The molecule has 1 aliphatic carbocycles. The lowest BCUT2D eigenvalue weighted by Crippen LogP contribution is -2.56. The molecule has 3 aromatic rings. The van der Waals surface area contributed by atoms with Gasteiger partial charge in [-0.15, -0.1) is 23.7 Å². The molecule has 216 valence electrons. The topological polar surface area (TPSA) is 110 Å². The number of hydrogen-bond donors (Lipinski definition) is 3. The van der Waals surface area contributed by atoms with Gasteiger partial charge in [0.1, 0.15) is 5.69 Å². The summed E-state index contributed by atoms with van der Waals surface area (Å²) in [6.45, 7) is 4.45. The Balaban J connectivity index is 0.00000370. The highest BCUT2D eigenvalue weighted by Gasteiger charge is 2.37. The van der Waals surface area contributed by atoms with E-state index in [2.05, 4.69) is 32.5 Å². The molecule has 0 radical (unpaired) electrons. The number of rotatable bonds is 7. The van der Waals surface area contributed by atoms with Gasteiger partial charge in [-0.25, -0.2) is 4.98 Å². The van der Waals surface area contributed by atoms with Gasteiger partial charge >= 0.3 is 0 Å². The number of nitrogens with one attached hydrogen (secondary N) is 3. The van der Waals surface area contributed by atoms with E-state index in [1.54, 1.807) is 17.0 Å². The highest BCUT2D eigenvalue weighted by molar-refractivity contribution is 7.13. The third kappa shape index (κ3) is 6.62.